The van der Waals surface area contributed by atoms with Crippen LogP contribution >= 0.6 is 11.3 Å². The van der Waals surface area contributed by atoms with Gasteiger partial charge in [-0.15, -0.1) is 10.2 Å². The number of rotatable bonds is 8. The van der Waals surface area contributed by atoms with E-state index in [9.17, 15) is 4.79 Å². The van der Waals surface area contributed by atoms with Crippen molar-refractivity contribution in [1.82, 2.24) is 15.5 Å². The number of aromatic nitrogens is 2. The number of primary amides is 1. The van der Waals surface area contributed by atoms with Crippen molar-refractivity contribution in [1.29, 1.82) is 0 Å². The highest BCUT2D eigenvalue weighted by atomic mass is 32.1. The first-order chi connectivity index (χ1) is 10.3. The maximum atomic E-state index is 11.0. The Morgan fingerprint density at radius 2 is 1.95 bits per heavy atom. The lowest BCUT2D eigenvalue weighted by atomic mass is 9.90. The molecule has 0 saturated heterocycles. The van der Waals surface area contributed by atoms with Gasteiger partial charge in [-0.3, -0.25) is 9.59 Å². The smallest absolute Gasteiger partial charge is 0.290 e. The van der Waals surface area contributed by atoms with Gasteiger partial charge < -0.3 is 16.2 Å². The molecule has 8 heteroatoms. The van der Waals surface area contributed by atoms with Crippen molar-refractivity contribution in [2.24, 2.45) is 5.73 Å². The van der Waals surface area contributed by atoms with E-state index in [0.717, 1.165) is 30.8 Å². The highest BCUT2D eigenvalue weighted by Gasteiger charge is 2.26. The van der Waals surface area contributed by atoms with Crippen LogP contribution in [0, 0.1) is 0 Å². The summed E-state index contributed by atoms with van der Waals surface area (Å²) in [5.74, 6) is -0.505. The largest absolute Gasteiger partial charge is 0.483 e. The van der Waals surface area contributed by atoms with Gasteiger partial charge in [-0.05, 0) is 25.8 Å². The van der Waals surface area contributed by atoms with Crippen LogP contribution in [0.4, 0.5) is 0 Å². The van der Waals surface area contributed by atoms with E-state index in [-0.39, 0.29) is 16.9 Å². The van der Waals surface area contributed by atoms with E-state index in [4.69, 9.17) is 15.6 Å². The molecule has 0 saturated carbocycles. The predicted molar refractivity (Wildman–Crippen MR) is 87.1 cm³/mol. The third-order valence-electron chi connectivity index (χ3n) is 3.38. The lowest BCUT2D eigenvalue weighted by Gasteiger charge is -2.23. The average molecular weight is 330 g/mol. The van der Waals surface area contributed by atoms with Crippen molar-refractivity contribution in [2.45, 2.75) is 58.4 Å². The molecule has 0 fully saturated rings. The van der Waals surface area contributed by atoms with E-state index in [1.807, 2.05) is 0 Å². The Labute approximate surface area is 135 Å². The number of amides is 1. The molecule has 0 radical (unpaired) electrons. The van der Waals surface area contributed by atoms with Gasteiger partial charge in [-0.25, -0.2) is 0 Å². The number of nitrogens with two attached hydrogens (primary N) is 1. The molecule has 0 aliphatic heterocycles. The second kappa shape index (κ2) is 10.2. The number of hydrogen-bond donors (Lipinski definition) is 3. The second-order valence-corrected chi connectivity index (χ2v) is 6.46. The zero-order valence-corrected chi connectivity index (χ0v) is 14.4. The maximum absolute atomic E-state index is 11.0. The van der Waals surface area contributed by atoms with Crippen LogP contribution in [0.25, 0.3) is 0 Å². The first kappa shape index (κ1) is 20.5. The average Bonchev–Trinajstić information content (AvgIpc) is 2.95. The van der Waals surface area contributed by atoms with Crippen molar-refractivity contribution in [3.05, 3.63) is 10.0 Å². The molecule has 1 aromatic rings. The van der Waals surface area contributed by atoms with E-state index >= 15 is 0 Å². The molecule has 1 aromatic heterocycles. The zero-order valence-electron chi connectivity index (χ0n) is 13.6. The molecule has 0 aromatic carbocycles. The molecular weight excluding hydrogens is 304 g/mol. The molecule has 22 heavy (non-hydrogen) atoms. The standard InChI is InChI=1S/C13H24N4OS.CH2O2/c1-5-9(6-2)15-8-7-13(3,4)12-17-16-11(19-12)10(14)18;2-1-3/h9,15H,5-8H2,1-4H3,(H2,14,18);1H,(H,2,3). The van der Waals surface area contributed by atoms with Gasteiger partial charge in [0.2, 0.25) is 5.01 Å². The van der Waals surface area contributed by atoms with Gasteiger partial charge in [-0.1, -0.05) is 39.0 Å². The lowest BCUT2D eigenvalue weighted by Crippen LogP contribution is -2.32. The molecule has 0 spiro atoms. The summed E-state index contributed by atoms with van der Waals surface area (Å²) in [6.07, 6.45) is 3.24. The molecule has 0 bridgehead atoms. The molecule has 7 nitrogen and oxygen atoms in total. The van der Waals surface area contributed by atoms with E-state index in [1.54, 1.807) is 0 Å². The van der Waals surface area contributed by atoms with Crippen molar-refractivity contribution in [3.63, 3.8) is 0 Å². The molecule has 1 heterocycles. The number of carboxylic acid groups (broad SMARTS) is 1. The SMILES string of the molecule is CCC(CC)NCCC(C)(C)c1nnc(C(N)=O)s1.O=CO. The van der Waals surface area contributed by atoms with Gasteiger partial charge >= 0.3 is 0 Å². The van der Waals surface area contributed by atoms with Gasteiger partial charge in [0.1, 0.15) is 5.01 Å². The minimum Gasteiger partial charge on any atom is -0.483 e. The van der Waals surface area contributed by atoms with Gasteiger partial charge in [0.15, 0.2) is 0 Å². The number of carbonyl (C=O) groups excluding carboxylic acids is 1. The van der Waals surface area contributed by atoms with Crippen molar-refractivity contribution >= 4 is 23.7 Å². The van der Waals surface area contributed by atoms with E-state index in [2.05, 4.69) is 43.2 Å². The molecule has 0 unspecified atom stereocenters. The van der Waals surface area contributed by atoms with Crippen molar-refractivity contribution in [2.75, 3.05) is 6.54 Å². The molecular formula is C14H26N4O3S. The van der Waals surface area contributed by atoms with E-state index in [0.29, 0.717) is 6.04 Å². The normalized spacial score (nSPS) is 11.0. The summed E-state index contributed by atoms with van der Waals surface area (Å²) in [6, 6.07) is 0.575. The van der Waals surface area contributed by atoms with Crippen molar-refractivity contribution < 1.29 is 14.7 Å². The first-order valence-electron chi connectivity index (χ1n) is 7.27. The van der Waals surface area contributed by atoms with Crippen LogP contribution in [-0.4, -0.2) is 40.3 Å². The van der Waals surface area contributed by atoms with Crippen LogP contribution in [0.5, 0.6) is 0 Å². The predicted octanol–water partition coefficient (Wildman–Crippen LogP) is 1.78. The van der Waals surface area contributed by atoms with Crippen LogP contribution in [0.2, 0.25) is 0 Å². The monoisotopic (exact) mass is 330 g/mol. The molecule has 0 aliphatic carbocycles. The highest BCUT2D eigenvalue weighted by molar-refractivity contribution is 7.13. The number of nitrogens with zero attached hydrogens (tertiary/aromatic N) is 2. The van der Waals surface area contributed by atoms with Gasteiger partial charge in [0.05, 0.1) is 0 Å². The summed E-state index contributed by atoms with van der Waals surface area (Å²) in [4.78, 5) is 19.4. The quantitative estimate of drug-likeness (QED) is 0.625. The fourth-order valence-electron chi connectivity index (χ4n) is 1.87. The fraction of sp³-hybridized carbons (Fsp3) is 0.714. The van der Waals surface area contributed by atoms with E-state index in [1.165, 1.54) is 11.3 Å². The molecule has 1 rings (SSSR count). The topological polar surface area (TPSA) is 118 Å². The molecule has 4 N–H and O–H groups in total. The Kier molecular flexibility index (Phi) is 9.51. The minimum atomic E-state index is -0.505. The van der Waals surface area contributed by atoms with Gasteiger partial charge in [-0.2, -0.15) is 0 Å². The number of hydrogen-bond acceptors (Lipinski definition) is 6. The zero-order chi connectivity index (χ0) is 17.2. The molecule has 126 valence electrons. The van der Waals surface area contributed by atoms with Gasteiger partial charge in [0, 0.05) is 11.5 Å². The summed E-state index contributed by atoms with van der Waals surface area (Å²) < 4.78 is 0. The minimum absolute atomic E-state index is 0.0929. The third kappa shape index (κ3) is 6.95. The first-order valence-corrected chi connectivity index (χ1v) is 8.09. The lowest BCUT2D eigenvalue weighted by molar-refractivity contribution is -0.122. The van der Waals surface area contributed by atoms with Crippen LogP contribution in [-0.2, 0) is 10.2 Å². The molecule has 0 atom stereocenters. The summed E-state index contributed by atoms with van der Waals surface area (Å²) in [5, 5.41) is 19.5. The summed E-state index contributed by atoms with van der Waals surface area (Å²) in [6.45, 7) is 9.30. The van der Waals surface area contributed by atoms with E-state index < -0.39 is 5.91 Å². The Bertz CT molecular complexity index is 459. The van der Waals surface area contributed by atoms with Crippen LogP contribution in [0.15, 0.2) is 0 Å². The van der Waals surface area contributed by atoms with Crippen LogP contribution in [0.3, 0.4) is 0 Å². The molecule has 1 amide bonds. The fourth-order valence-corrected chi connectivity index (χ4v) is 2.69. The number of carbonyl (C=O) groups is 2. The summed E-state index contributed by atoms with van der Waals surface area (Å²) >= 11 is 1.29. The summed E-state index contributed by atoms with van der Waals surface area (Å²) in [7, 11) is 0. The van der Waals surface area contributed by atoms with Crippen LogP contribution in [0.1, 0.15) is 61.8 Å². The van der Waals surface area contributed by atoms with Crippen LogP contribution < -0.4 is 11.1 Å². The Morgan fingerprint density at radius 3 is 2.36 bits per heavy atom. The Balaban J connectivity index is 0.00000135. The third-order valence-corrected chi connectivity index (χ3v) is 4.69. The van der Waals surface area contributed by atoms with Crippen molar-refractivity contribution in [3.8, 4) is 0 Å². The number of nitrogens with one attached hydrogen (secondary N) is 1. The Hall–Kier alpha value is -1.54. The van der Waals surface area contributed by atoms with Gasteiger partial charge in [0.25, 0.3) is 12.4 Å². The second-order valence-electron chi connectivity index (χ2n) is 5.48. The Morgan fingerprint density at radius 1 is 1.41 bits per heavy atom. The highest BCUT2D eigenvalue weighted by Crippen LogP contribution is 2.29. The maximum Gasteiger partial charge on any atom is 0.290 e. The molecule has 0 aliphatic rings. The summed E-state index contributed by atoms with van der Waals surface area (Å²) in [5.41, 5.74) is 5.11.